The number of carbonyl (C=O) groups is 2. The molecule has 2 heterocycles. The molecular formula is C22H23NO4. The molecule has 0 atom stereocenters. The molecule has 2 aromatic carbocycles. The minimum absolute atomic E-state index is 0.0344. The molecule has 0 aromatic heterocycles. The van der Waals surface area contributed by atoms with Gasteiger partial charge in [-0.3, -0.25) is 9.59 Å². The maximum Gasteiger partial charge on any atom is 0.223 e. The predicted molar refractivity (Wildman–Crippen MR) is 101 cm³/mol. The highest BCUT2D eigenvalue weighted by Crippen LogP contribution is 2.31. The second-order valence-corrected chi connectivity index (χ2v) is 6.97. The van der Waals surface area contributed by atoms with E-state index in [1.807, 2.05) is 17.0 Å². The van der Waals surface area contributed by atoms with Crippen LogP contribution in [-0.4, -0.2) is 36.3 Å². The molecule has 0 radical (unpaired) electrons. The molecule has 0 saturated carbocycles. The largest absolute Gasteiger partial charge is 0.490 e. The molecule has 4 rings (SSSR count). The van der Waals surface area contributed by atoms with E-state index in [4.69, 9.17) is 9.47 Å². The van der Waals surface area contributed by atoms with Gasteiger partial charge in [-0.15, -0.1) is 0 Å². The number of fused-ring (bicyclic) bond motifs is 2. The Balaban J connectivity index is 1.35. The summed E-state index contributed by atoms with van der Waals surface area (Å²) in [6, 6.07) is 13.5. The highest BCUT2D eigenvalue weighted by molar-refractivity contribution is 5.98. The van der Waals surface area contributed by atoms with Gasteiger partial charge in [0.25, 0.3) is 0 Å². The van der Waals surface area contributed by atoms with Gasteiger partial charge in [0, 0.05) is 37.9 Å². The molecule has 2 aromatic rings. The first-order valence-electron chi connectivity index (χ1n) is 9.48. The molecule has 27 heavy (non-hydrogen) atoms. The summed E-state index contributed by atoms with van der Waals surface area (Å²) in [7, 11) is 0. The van der Waals surface area contributed by atoms with Crippen molar-refractivity contribution in [2.75, 3.05) is 19.8 Å². The third kappa shape index (κ3) is 3.97. The van der Waals surface area contributed by atoms with Gasteiger partial charge in [-0.1, -0.05) is 24.3 Å². The van der Waals surface area contributed by atoms with Gasteiger partial charge in [-0.2, -0.15) is 0 Å². The fourth-order valence-corrected chi connectivity index (χ4v) is 3.57. The highest BCUT2D eigenvalue weighted by Gasteiger charge is 2.21. The number of rotatable bonds is 4. The van der Waals surface area contributed by atoms with Crippen LogP contribution in [0.5, 0.6) is 11.5 Å². The summed E-state index contributed by atoms with van der Waals surface area (Å²) >= 11 is 0. The normalized spacial score (nSPS) is 15.6. The van der Waals surface area contributed by atoms with Crippen LogP contribution in [0.4, 0.5) is 0 Å². The number of amides is 1. The second-order valence-electron chi connectivity index (χ2n) is 6.97. The molecule has 5 nitrogen and oxygen atoms in total. The lowest BCUT2D eigenvalue weighted by Crippen LogP contribution is -2.36. The molecule has 0 spiro atoms. The van der Waals surface area contributed by atoms with Crippen LogP contribution in [0.25, 0.3) is 0 Å². The Kier molecular flexibility index (Phi) is 5.10. The lowest BCUT2D eigenvalue weighted by atomic mass is 9.99. The molecule has 1 amide bonds. The van der Waals surface area contributed by atoms with E-state index in [0.717, 1.165) is 12.8 Å². The molecule has 0 fully saturated rings. The SMILES string of the molecule is O=C(CCC(=O)N1CCc2ccccc2C1)c1ccc2c(c1)OCCCO2. The van der Waals surface area contributed by atoms with E-state index in [0.29, 0.717) is 43.4 Å². The Morgan fingerprint density at radius 3 is 2.56 bits per heavy atom. The Hall–Kier alpha value is -2.82. The van der Waals surface area contributed by atoms with Crippen LogP contribution < -0.4 is 9.47 Å². The van der Waals surface area contributed by atoms with Crippen molar-refractivity contribution in [3.63, 3.8) is 0 Å². The predicted octanol–water partition coefficient (Wildman–Crippen LogP) is 3.40. The van der Waals surface area contributed by atoms with Crippen LogP contribution in [0.3, 0.4) is 0 Å². The smallest absolute Gasteiger partial charge is 0.223 e. The molecule has 0 unspecified atom stereocenters. The second kappa shape index (κ2) is 7.82. The number of hydrogen-bond acceptors (Lipinski definition) is 4. The van der Waals surface area contributed by atoms with Crippen LogP contribution >= 0.6 is 0 Å². The number of benzene rings is 2. The average Bonchev–Trinajstić information content (AvgIpc) is 2.96. The minimum atomic E-state index is -0.0450. The zero-order chi connectivity index (χ0) is 18.6. The van der Waals surface area contributed by atoms with Gasteiger partial charge in [0.05, 0.1) is 13.2 Å². The van der Waals surface area contributed by atoms with Crippen LogP contribution in [-0.2, 0) is 17.8 Å². The summed E-state index contributed by atoms with van der Waals surface area (Å²) in [5, 5.41) is 0. The number of Topliss-reactive ketones (excluding diaryl/α,β-unsaturated/α-hetero) is 1. The molecule has 2 aliphatic rings. The fourth-order valence-electron chi connectivity index (χ4n) is 3.57. The van der Waals surface area contributed by atoms with Crippen LogP contribution in [0.1, 0.15) is 40.7 Å². The number of hydrogen-bond donors (Lipinski definition) is 0. The lowest BCUT2D eigenvalue weighted by Gasteiger charge is -2.28. The van der Waals surface area contributed by atoms with Crippen LogP contribution in [0.15, 0.2) is 42.5 Å². The molecule has 0 aliphatic carbocycles. The van der Waals surface area contributed by atoms with Crippen molar-refractivity contribution in [1.82, 2.24) is 4.90 Å². The first-order valence-corrected chi connectivity index (χ1v) is 9.48. The number of ether oxygens (including phenoxy) is 2. The Morgan fingerprint density at radius 1 is 0.926 bits per heavy atom. The van der Waals surface area contributed by atoms with Crippen molar-refractivity contribution in [1.29, 1.82) is 0 Å². The molecule has 0 N–H and O–H groups in total. The fraction of sp³-hybridized carbons (Fsp3) is 0.364. The van der Waals surface area contributed by atoms with Gasteiger partial charge in [-0.25, -0.2) is 0 Å². The maximum atomic E-state index is 12.6. The van der Waals surface area contributed by atoms with E-state index in [-0.39, 0.29) is 24.5 Å². The maximum absolute atomic E-state index is 12.6. The lowest BCUT2D eigenvalue weighted by molar-refractivity contribution is -0.132. The quantitative estimate of drug-likeness (QED) is 0.780. The van der Waals surface area contributed by atoms with Gasteiger partial charge in [0.15, 0.2) is 17.3 Å². The van der Waals surface area contributed by atoms with Gasteiger partial charge in [0.2, 0.25) is 5.91 Å². The number of carbonyl (C=O) groups excluding carboxylic acids is 2. The highest BCUT2D eigenvalue weighted by atomic mass is 16.5. The molecule has 140 valence electrons. The van der Waals surface area contributed by atoms with Crippen LogP contribution in [0, 0.1) is 0 Å². The Morgan fingerprint density at radius 2 is 1.70 bits per heavy atom. The van der Waals surface area contributed by atoms with Gasteiger partial charge >= 0.3 is 0 Å². The Bertz CT molecular complexity index is 861. The summed E-state index contributed by atoms with van der Waals surface area (Å²) in [5.41, 5.74) is 3.08. The molecule has 2 aliphatic heterocycles. The monoisotopic (exact) mass is 365 g/mol. The summed E-state index contributed by atoms with van der Waals surface area (Å²) in [4.78, 5) is 26.9. The number of ketones is 1. The average molecular weight is 365 g/mol. The van der Waals surface area contributed by atoms with E-state index >= 15 is 0 Å². The number of nitrogens with zero attached hydrogens (tertiary/aromatic N) is 1. The minimum Gasteiger partial charge on any atom is -0.490 e. The first-order chi connectivity index (χ1) is 13.2. The summed E-state index contributed by atoms with van der Waals surface area (Å²) < 4.78 is 11.2. The van der Waals surface area contributed by atoms with Crippen molar-refractivity contribution < 1.29 is 19.1 Å². The molecular weight excluding hydrogens is 342 g/mol. The van der Waals surface area contributed by atoms with E-state index in [9.17, 15) is 9.59 Å². The van der Waals surface area contributed by atoms with E-state index < -0.39 is 0 Å². The van der Waals surface area contributed by atoms with Crippen LogP contribution in [0.2, 0.25) is 0 Å². The third-order valence-electron chi connectivity index (χ3n) is 5.12. The zero-order valence-electron chi connectivity index (χ0n) is 15.3. The van der Waals surface area contributed by atoms with Gasteiger partial charge in [-0.05, 0) is 35.7 Å². The van der Waals surface area contributed by atoms with Gasteiger partial charge in [0.1, 0.15) is 0 Å². The van der Waals surface area contributed by atoms with Crippen molar-refractivity contribution in [3.8, 4) is 11.5 Å². The van der Waals surface area contributed by atoms with Crippen molar-refractivity contribution >= 4 is 11.7 Å². The molecule has 0 saturated heterocycles. The standard InChI is InChI=1S/C22H23NO4/c24-19(17-6-8-20-21(14-17)27-13-3-12-26-20)7-9-22(25)23-11-10-16-4-1-2-5-18(16)15-23/h1-2,4-6,8,14H,3,7,9-13,15H2. The van der Waals surface area contributed by atoms with E-state index in [2.05, 4.69) is 12.1 Å². The van der Waals surface area contributed by atoms with Gasteiger partial charge < -0.3 is 14.4 Å². The van der Waals surface area contributed by atoms with Crippen molar-refractivity contribution in [2.45, 2.75) is 32.2 Å². The summed E-state index contributed by atoms with van der Waals surface area (Å²) in [5.74, 6) is 1.27. The third-order valence-corrected chi connectivity index (χ3v) is 5.12. The topological polar surface area (TPSA) is 55.8 Å². The molecule has 5 heteroatoms. The zero-order valence-corrected chi connectivity index (χ0v) is 15.3. The van der Waals surface area contributed by atoms with E-state index in [1.54, 1.807) is 18.2 Å². The Labute approximate surface area is 158 Å². The molecule has 0 bridgehead atoms. The summed E-state index contributed by atoms with van der Waals surface area (Å²) in [6.45, 7) is 2.55. The van der Waals surface area contributed by atoms with Crippen molar-refractivity contribution in [3.05, 3.63) is 59.2 Å². The first kappa shape index (κ1) is 17.6. The van der Waals surface area contributed by atoms with E-state index in [1.165, 1.54) is 11.1 Å². The summed E-state index contributed by atoms with van der Waals surface area (Å²) in [6.07, 6.45) is 2.13. The van der Waals surface area contributed by atoms with Crippen molar-refractivity contribution in [2.24, 2.45) is 0 Å².